The molecular formula is C21H33ClN4O2. The summed E-state index contributed by atoms with van der Waals surface area (Å²) in [5.41, 5.74) is 0.741. The van der Waals surface area contributed by atoms with Crippen molar-refractivity contribution in [3.63, 3.8) is 0 Å². The van der Waals surface area contributed by atoms with E-state index in [4.69, 9.17) is 16.3 Å². The molecule has 1 fully saturated rings. The van der Waals surface area contributed by atoms with Crippen LogP contribution >= 0.6 is 11.6 Å². The van der Waals surface area contributed by atoms with E-state index in [0.29, 0.717) is 17.9 Å². The first kappa shape index (κ1) is 22.5. The molecule has 7 heteroatoms. The number of carbonyl (C=O) groups excluding carboxylic acids is 1. The van der Waals surface area contributed by atoms with Crippen molar-refractivity contribution in [1.29, 1.82) is 0 Å². The minimum Gasteiger partial charge on any atom is -0.459 e. The molecule has 1 aliphatic rings. The number of piperidine rings is 1. The number of nitrogens with zero attached hydrogens (tertiary/aromatic N) is 2. The molecule has 156 valence electrons. The third kappa shape index (κ3) is 6.99. The first-order valence-electron chi connectivity index (χ1n) is 9.81. The molecule has 2 atom stereocenters. The van der Waals surface area contributed by atoms with Crippen molar-refractivity contribution in [2.24, 2.45) is 10.9 Å². The number of hydrogen-bond donors (Lipinski definition) is 2. The zero-order valence-corrected chi connectivity index (χ0v) is 18.3. The molecule has 2 rings (SSSR count). The first-order chi connectivity index (χ1) is 13.2. The van der Waals surface area contributed by atoms with E-state index in [9.17, 15) is 4.79 Å². The Balaban J connectivity index is 1.95. The van der Waals surface area contributed by atoms with Crippen molar-refractivity contribution in [1.82, 2.24) is 15.5 Å². The number of benzene rings is 1. The van der Waals surface area contributed by atoms with Gasteiger partial charge in [0.1, 0.15) is 12.1 Å². The molecule has 0 amide bonds. The maximum Gasteiger partial charge on any atom is 0.325 e. The van der Waals surface area contributed by atoms with Crippen molar-refractivity contribution in [3.05, 3.63) is 34.9 Å². The van der Waals surface area contributed by atoms with Crippen LogP contribution in [-0.4, -0.2) is 56.2 Å². The molecule has 0 aliphatic carbocycles. The van der Waals surface area contributed by atoms with Crippen LogP contribution in [0.4, 0.5) is 0 Å². The highest BCUT2D eigenvalue weighted by Gasteiger charge is 2.30. The normalized spacial score (nSPS) is 21.3. The van der Waals surface area contributed by atoms with E-state index < -0.39 is 5.60 Å². The number of guanidine groups is 1. The van der Waals surface area contributed by atoms with Gasteiger partial charge in [-0.1, -0.05) is 23.7 Å². The van der Waals surface area contributed by atoms with Gasteiger partial charge >= 0.3 is 5.97 Å². The number of halogens is 1. The fourth-order valence-corrected chi connectivity index (χ4v) is 3.87. The summed E-state index contributed by atoms with van der Waals surface area (Å²) in [5, 5.41) is 7.16. The topological polar surface area (TPSA) is 66.0 Å². The second-order valence-electron chi connectivity index (χ2n) is 8.28. The lowest BCUT2D eigenvalue weighted by atomic mass is 9.85. The van der Waals surface area contributed by atoms with Crippen molar-refractivity contribution < 1.29 is 9.53 Å². The molecule has 2 N–H and O–H groups in total. The SMILES string of the molecule is CN=C(NCC(=O)OC(C)(C)C)NCC1CCCN(C)C1c1cccc(Cl)c1. The number of rotatable bonds is 5. The van der Waals surface area contributed by atoms with E-state index >= 15 is 0 Å². The molecule has 0 spiro atoms. The summed E-state index contributed by atoms with van der Waals surface area (Å²) in [6, 6.07) is 8.40. The molecule has 28 heavy (non-hydrogen) atoms. The van der Waals surface area contributed by atoms with E-state index in [2.05, 4.69) is 39.7 Å². The minimum atomic E-state index is -0.493. The molecule has 0 aromatic heterocycles. The quantitative estimate of drug-likeness (QED) is 0.445. The van der Waals surface area contributed by atoms with Gasteiger partial charge in [0.25, 0.3) is 0 Å². The summed E-state index contributed by atoms with van der Waals surface area (Å²) in [6.45, 7) is 7.47. The predicted molar refractivity (Wildman–Crippen MR) is 115 cm³/mol. The van der Waals surface area contributed by atoms with Gasteiger partial charge in [-0.3, -0.25) is 14.7 Å². The second-order valence-corrected chi connectivity index (χ2v) is 8.71. The molecule has 1 heterocycles. The Morgan fingerprint density at radius 2 is 2.11 bits per heavy atom. The zero-order chi connectivity index (χ0) is 20.7. The van der Waals surface area contributed by atoms with Crippen LogP contribution in [0.15, 0.2) is 29.3 Å². The lowest BCUT2D eigenvalue weighted by Gasteiger charge is -2.40. The molecule has 1 aromatic rings. The molecular weight excluding hydrogens is 376 g/mol. The van der Waals surface area contributed by atoms with Gasteiger partial charge in [0, 0.05) is 24.7 Å². The smallest absolute Gasteiger partial charge is 0.325 e. The molecule has 0 saturated carbocycles. The Morgan fingerprint density at radius 1 is 1.36 bits per heavy atom. The summed E-state index contributed by atoms with van der Waals surface area (Å²) >= 11 is 6.22. The lowest BCUT2D eigenvalue weighted by Crippen LogP contribution is -2.46. The van der Waals surface area contributed by atoms with Crippen LogP contribution in [-0.2, 0) is 9.53 Å². The van der Waals surface area contributed by atoms with Gasteiger partial charge in [0.05, 0.1) is 0 Å². The van der Waals surface area contributed by atoms with Crippen LogP contribution in [0.2, 0.25) is 5.02 Å². The van der Waals surface area contributed by atoms with E-state index in [-0.39, 0.29) is 12.5 Å². The molecule has 0 radical (unpaired) electrons. The second kappa shape index (κ2) is 10.1. The fourth-order valence-electron chi connectivity index (χ4n) is 3.67. The van der Waals surface area contributed by atoms with Crippen molar-refractivity contribution in [2.75, 3.05) is 33.7 Å². The van der Waals surface area contributed by atoms with Gasteiger partial charge in [-0.15, -0.1) is 0 Å². The van der Waals surface area contributed by atoms with Crippen LogP contribution in [0, 0.1) is 5.92 Å². The molecule has 6 nitrogen and oxygen atoms in total. The summed E-state index contributed by atoms with van der Waals surface area (Å²) < 4.78 is 5.32. The largest absolute Gasteiger partial charge is 0.459 e. The number of esters is 1. The van der Waals surface area contributed by atoms with E-state index in [1.165, 1.54) is 5.56 Å². The Labute approximate surface area is 173 Å². The molecule has 0 bridgehead atoms. The number of hydrogen-bond acceptors (Lipinski definition) is 4. The van der Waals surface area contributed by atoms with Crippen molar-refractivity contribution in [2.45, 2.75) is 45.3 Å². The summed E-state index contributed by atoms with van der Waals surface area (Å²) in [4.78, 5) is 18.5. The molecule has 1 aliphatic heterocycles. The predicted octanol–water partition coefficient (Wildman–Crippen LogP) is 3.23. The van der Waals surface area contributed by atoms with Gasteiger partial charge in [-0.05, 0) is 70.8 Å². The molecule has 2 unspecified atom stereocenters. The zero-order valence-electron chi connectivity index (χ0n) is 17.6. The number of aliphatic imine (C=N–C) groups is 1. The monoisotopic (exact) mass is 408 g/mol. The van der Waals surface area contributed by atoms with Crippen LogP contribution in [0.5, 0.6) is 0 Å². The van der Waals surface area contributed by atoms with Crippen LogP contribution < -0.4 is 10.6 Å². The van der Waals surface area contributed by atoms with Gasteiger partial charge in [0.2, 0.25) is 0 Å². The summed E-state index contributed by atoms with van der Waals surface area (Å²) in [5.74, 6) is 0.714. The first-order valence-corrected chi connectivity index (χ1v) is 10.2. The van der Waals surface area contributed by atoms with Crippen LogP contribution in [0.1, 0.15) is 45.2 Å². The number of likely N-dealkylation sites (tertiary alicyclic amines) is 1. The Hall–Kier alpha value is -1.79. The average Bonchev–Trinajstić information content (AvgIpc) is 2.60. The van der Waals surface area contributed by atoms with Gasteiger partial charge in [0.15, 0.2) is 5.96 Å². The van der Waals surface area contributed by atoms with Crippen LogP contribution in [0.3, 0.4) is 0 Å². The summed E-state index contributed by atoms with van der Waals surface area (Å²) in [7, 11) is 3.86. The number of nitrogens with one attached hydrogen (secondary N) is 2. The average molecular weight is 409 g/mol. The van der Waals surface area contributed by atoms with Crippen molar-refractivity contribution in [3.8, 4) is 0 Å². The van der Waals surface area contributed by atoms with Crippen molar-refractivity contribution >= 4 is 23.5 Å². The standard InChI is InChI=1S/C21H33ClN4O2/c1-21(2,3)28-18(27)14-25-20(23-4)24-13-16-9-7-11-26(5)19(16)15-8-6-10-17(22)12-15/h6,8,10,12,16,19H,7,9,11,13-14H2,1-5H3,(H2,23,24,25). The maximum absolute atomic E-state index is 11.9. The Morgan fingerprint density at radius 3 is 2.75 bits per heavy atom. The highest BCUT2D eigenvalue weighted by Crippen LogP contribution is 2.35. The fraction of sp³-hybridized carbons (Fsp3) is 0.619. The third-order valence-electron chi connectivity index (χ3n) is 4.77. The highest BCUT2D eigenvalue weighted by atomic mass is 35.5. The van der Waals surface area contributed by atoms with Gasteiger partial charge < -0.3 is 15.4 Å². The molecule has 1 saturated heterocycles. The maximum atomic E-state index is 11.9. The Bertz CT molecular complexity index is 687. The third-order valence-corrected chi connectivity index (χ3v) is 5.01. The van der Waals surface area contributed by atoms with E-state index in [1.807, 2.05) is 32.9 Å². The van der Waals surface area contributed by atoms with Gasteiger partial charge in [-0.25, -0.2) is 0 Å². The number of ether oxygens (including phenoxy) is 1. The van der Waals surface area contributed by atoms with Crippen LogP contribution in [0.25, 0.3) is 0 Å². The molecule has 1 aromatic carbocycles. The van der Waals surface area contributed by atoms with E-state index in [1.54, 1.807) is 7.05 Å². The minimum absolute atomic E-state index is 0.0826. The lowest BCUT2D eigenvalue weighted by molar-refractivity contribution is -0.153. The number of carbonyl (C=O) groups is 1. The summed E-state index contributed by atoms with van der Waals surface area (Å²) in [6.07, 6.45) is 2.28. The highest BCUT2D eigenvalue weighted by molar-refractivity contribution is 6.30. The van der Waals surface area contributed by atoms with E-state index in [0.717, 1.165) is 31.0 Å². The van der Waals surface area contributed by atoms with Gasteiger partial charge in [-0.2, -0.15) is 0 Å². The Kier molecular flexibility index (Phi) is 8.13.